The van der Waals surface area contributed by atoms with Crippen LogP contribution in [0.1, 0.15) is 34.5 Å². The highest BCUT2D eigenvalue weighted by molar-refractivity contribution is 5.95. The van der Waals surface area contributed by atoms with Crippen LogP contribution in [-0.2, 0) is 9.53 Å². The van der Waals surface area contributed by atoms with Crippen molar-refractivity contribution in [3.63, 3.8) is 0 Å². The van der Waals surface area contributed by atoms with E-state index >= 15 is 0 Å². The smallest absolute Gasteiger partial charge is 0.345 e. The Balaban J connectivity index is 1.97. The van der Waals surface area contributed by atoms with Crippen LogP contribution in [0.25, 0.3) is 0 Å². The molecular formula is C18H18N2O5. The topological polar surface area (TPSA) is 98.5 Å². The molecule has 130 valence electrons. The molecule has 0 radical (unpaired) electrons. The van der Waals surface area contributed by atoms with Gasteiger partial charge in [-0.2, -0.15) is 0 Å². The minimum atomic E-state index is -0.905. The minimum absolute atomic E-state index is 0.172. The summed E-state index contributed by atoms with van der Waals surface area (Å²) in [6.45, 7) is 2.82. The molecule has 0 aliphatic carbocycles. The summed E-state index contributed by atoms with van der Waals surface area (Å²) in [5.74, 6) is -1.39. The van der Waals surface area contributed by atoms with Gasteiger partial charge in [0.15, 0.2) is 6.61 Å². The summed E-state index contributed by atoms with van der Waals surface area (Å²) in [7, 11) is 0. The molecule has 2 aromatic carbocycles. The molecule has 0 heterocycles. The van der Waals surface area contributed by atoms with Gasteiger partial charge in [-0.05, 0) is 25.5 Å². The Bertz CT molecular complexity index is 789. The number of nitro groups is 1. The number of nitrogens with zero attached hydrogens (tertiary/aromatic N) is 1. The lowest BCUT2D eigenvalue weighted by atomic mass is 10.1. The van der Waals surface area contributed by atoms with Gasteiger partial charge < -0.3 is 10.1 Å². The first-order chi connectivity index (χ1) is 11.9. The molecule has 1 N–H and O–H groups in total. The zero-order valence-electron chi connectivity index (χ0n) is 13.9. The fourth-order valence-corrected chi connectivity index (χ4v) is 2.38. The zero-order valence-corrected chi connectivity index (χ0v) is 13.9. The number of nitro benzene ring substituents is 1. The standard InChI is InChI=1S/C18H18N2O5/c1-12-7-6-10-15(17(12)20(23)24)18(22)25-11-16(21)19-13(2)14-8-4-3-5-9-14/h3-10,13H,11H2,1-2H3,(H,19,21). The highest BCUT2D eigenvalue weighted by Crippen LogP contribution is 2.23. The number of hydrogen-bond donors (Lipinski definition) is 1. The summed E-state index contributed by atoms with van der Waals surface area (Å²) in [4.78, 5) is 34.5. The van der Waals surface area contributed by atoms with Crippen molar-refractivity contribution in [1.29, 1.82) is 0 Å². The fraction of sp³-hybridized carbons (Fsp3) is 0.222. The number of ether oxygens (including phenoxy) is 1. The molecule has 0 aromatic heterocycles. The van der Waals surface area contributed by atoms with Crippen molar-refractivity contribution in [2.75, 3.05) is 6.61 Å². The second kappa shape index (κ2) is 8.05. The third kappa shape index (κ3) is 4.63. The second-order valence-corrected chi connectivity index (χ2v) is 5.50. The maximum Gasteiger partial charge on any atom is 0.345 e. The van der Waals surface area contributed by atoms with E-state index < -0.39 is 23.4 Å². The third-order valence-electron chi connectivity index (χ3n) is 3.65. The Hall–Kier alpha value is -3.22. The average molecular weight is 342 g/mol. The largest absolute Gasteiger partial charge is 0.452 e. The van der Waals surface area contributed by atoms with Crippen molar-refractivity contribution in [3.8, 4) is 0 Å². The lowest BCUT2D eigenvalue weighted by Gasteiger charge is -2.14. The van der Waals surface area contributed by atoms with Crippen LogP contribution in [-0.4, -0.2) is 23.4 Å². The number of rotatable bonds is 6. The molecule has 0 saturated heterocycles. The van der Waals surface area contributed by atoms with Crippen molar-refractivity contribution in [3.05, 3.63) is 75.3 Å². The van der Waals surface area contributed by atoms with Crippen LogP contribution in [0.5, 0.6) is 0 Å². The van der Waals surface area contributed by atoms with Gasteiger partial charge in [0.1, 0.15) is 5.56 Å². The fourth-order valence-electron chi connectivity index (χ4n) is 2.38. The third-order valence-corrected chi connectivity index (χ3v) is 3.65. The summed E-state index contributed by atoms with van der Waals surface area (Å²) < 4.78 is 4.92. The molecular weight excluding hydrogens is 324 g/mol. The first-order valence-electron chi connectivity index (χ1n) is 7.65. The van der Waals surface area contributed by atoms with Crippen LogP contribution in [0.2, 0.25) is 0 Å². The molecule has 0 spiro atoms. The SMILES string of the molecule is Cc1cccc(C(=O)OCC(=O)NC(C)c2ccccc2)c1[N+](=O)[O-]. The molecule has 0 saturated carbocycles. The van der Waals surface area contributed by atoms with Crippen LogP contribution in [0.3, 0.4) is 0 Å². The van der Waals surface area contributed by atoms with E-state index in [1.807, 2.05) is 30.3 Å². The predicted molar refractivity (Wildman–Crippen MR) is 91.1 cm³/mol. The Kier molecular flexibility index (Phi) is 5.84. The first kappa shape index (κ1) is 18.1. The number of benzene rings is 2. The molecule has 1 unspecified atom stereocenters. The number of carbonyl (C=O) groups excluding carboxylic acids is 2. The van der Waals surface area contributed by atoms with Crippen molar-refractivity contribution < 1.29 is 19.2 Å². The first-order valence-corrected chi connectivity index (χ1v) is 7.65. The van der Waals surface area contributed by atoms with E-state index in [2.05, 4.69) is 5.32 Å². The summed E-state index contributed by atoms with van der Waals surface area (Å²) in [6.07, 6.45) is 0. The van der Waals surface area contributed by atoms with Gasteiger partial charge in [-0.15, -0.1) is 0 Å². The van der Waals surface area contributed by atoms with Gasteiger partial charge in [0.05, 0.1) is 11.0 Å². The van der Waals surface area contributed by atoms with E-state index in [0.717, 1.165) is 5.56 Å². The summed E-state index contributed by atoms with van der Waals surface area (Å²) in [6, 6.07) is 13.4. The lowest BCUT2D eigenvalue weighted by molar-refractivity contribution is -0.385. The van der Waals surface area contributed by atoms with E-state index in [0.29, 0.717) is 5.56 Å². The minimum Gasteiger partial charge on any atom is -0.452 e. The van der Waals surface area contributed by atoms with Crippen molar-refractivity contribution in [1.82, 2.24) is 5.32 Å². The van der Waals surface area contributed by atoms with Gasteiger partial charge in [0, 0.05) is 5.56 Å². The normalized spacial score (nSPS) is 11.4. The van der Waals surface area contributed by atoms with Gasteiger partial charge in [-0.25, -0.2) is 4.79 Å². The van der Waals surface area contributed by atoms with Crippen LogP contribution in [0.4, 0.5) is 5.69 Å². The second-order valence-electron chi connectivity index (χ2n) is 5.50. The van der Waals surface area contributed by atoms with Gasteiger partial charge in [0.25, 0.3) is 11.6 Å². The van der Waals surface area contributed by atoms with Gasteiger partial charge in [0.2, 0.25) is 0 Å². The summed E-state index contributed by atoms with van der Waals surface area (Å²) in [5, 5.41) is 13.8. The molecule has 0 aliphatic rings. The van der Waals surface area contributed by atoms with Crippen molar-refractivity contribution >= 4 is 17.6 Å². The highest BCUT2D eigenvalue weighted by atomic mass is 16.6. The van der Waals surface area contributed by atoms with E-state index in [9.17, 15) is 19.7 Å². The number of esters is 1. The lowest BCUT2D eigenvalue weighted by Crippen LogP contribution is -2.31. The highest BCUT2D eigenvalue weighted by Gasteiger charge is 2.24. The maximum atomic E-state index is 12.1. The maximum absolute atomic E-state index is 12.1. The molecule has 1 atom stereocenters. The molecule has 25 heavy (non-hydrogen) atoms. The van der Waals surface area contributed by atoms with E-state index in [1.165, 1.54) is 25.1 Å². The summed E-state index contributed by atoms with van der Waals surface area (Å²) >= 11 is 0. The molecule has 2 aromatic rings. The van der Waals surface area contributed by atoms with Crippen molar-refractivity contribution in [2.45, 2.75) is 19.9 Å². The average Bonchev–Trinajstić information content (AvgIpc) is 2.59. The Morgan fingerprint density at radius 3 is 2.48 bits per heavy atom. The van der Waals surface area contributed by atoms with Crippen LogP contribution < -0.4 is 5.32 Å². The number of hydrogen-bond acceptors (Lipinski definition) is 5. The number of carbonyl (C=O) groups is 2. The molecule has 0 aliphatic heterocycles. The number of amides is 1. The van der Waals surface area contributed by atoms with Gasteiger partial charge in [-0.1, -0.05) is 42.5 Å². The Morgan fingerprint density at radius 1 is 1.16 bits per heavy atom. The van der Waals surface area contributed by atoms with Crippen LogP contribution >= 0.6 is 0 Å². The quantitative estimate of drug-likeness (QED) is 0.494. The van der Waals surface area contributed by atoms with E-state index in [-0.39, 0.29) is 17.3 Å². The van der Waals surface area contributed by atoms with Crippen molar-refractivity contribution in [2.24, 2.45) is 0 Å². The number of aryl methyl sites for hydroxylation is 1. The number of nitrogens with one attached hydrogen (secondary N) is 1. The molecule has 1 amide bonds. The molecule has 0 fully saturated rings. The Labute approximate surface area is 144 Å². The van der Waals surface area contributed by atoms with E-state index in [4.69, 9.17) is 4.74 Å². The molecule has 7 heteroatoms. The monoisotopic (exact) mass is 342 g/mol. The molecule has 7 nitrogen and oxygen atoms in total. The van der Waals surface area contributed by atoms with E-state index in [1.54, 1.807) is 6.92 Å². The predicted octanol–water partition coefficient (Wildman–Crippen LogP) is 2.94. The zero-order chi connectivity index (χ0) is 18.4. The van der Waals surface area contributed by atoms with Gasteiger partial charge >= 0.3 is 5.97 Å². The van der Waals surface area contributed by atoms with Crippen LogP contribution in [0.15, 0.2) is 48.5 Å². The number of para-hydroxylation sites is 1. The summed E-state index contributed by atoms with van der Waals surface area (Å²) in [5.41, 5.74) is 0.776. The van der Waals surface area contributed by atoms with Gasteiger partial charge in [-0.3, -0.25) is 14.9 Å². The van der Waals surface area contributed by atoms with Crippen LogP contribution in [0, 0.1) is 17.0 Å². The Morgan fingerprint density at radius 2 is 1.84 bits per heavy atom. The molecule has 2 rings (SSSR count). The molecule has 0 bridgehead atoms.